The molecule has 1 aliphatic heterocycles. The molecule has 0 unspecified atom stereocenters. The highest BCUT2D eigenvalue weighted by molar-refractivity contribution is 5.87. The maximum absolute atomic E-state index is 10.6. The second-order valence-electron chi connectivity index (χ2n) is 2.57. The lowest BCUT2D eigenvalue weighted by atomic mass is 9.75. The molecule has 2 heteroatoms. The van der Waals surface area contributed by atoms with Crippen LogP contribution in [-0.4, -0.2) is 19.0 Å². The summed E-state index contributed by atoms with van der Waals surface area (Å²) in [6.07, 6.45) is 0.782. The van der Waals surface area contributed by atoms with E-state index < -0.39 is 0 Å². The van der Waals surface area contributed by atoms with E-state index in [4.69, 9.17) is 4.74 Å². The van der Waals surface area contributed by atoms with Crippen molar-refractivity contribution in [3.63, 3.8) is 0 Å². The maximum Gasteiger partial charge on any atom is 0.139 e. The van der Waals surface area contributed by atoms with Crippen LogP contribution in [0.5, 0.6) is 0 Å². The number of hydrogen-bond acceptors (Lipinski definition) is 2. The van der Waals surface area contributed by atoms with Crippen LogP contribution in [0.1, 0.15) is 6.42 Å². The van der Waals surface area contributed by atoms with Crippen LogP contribution in [0.4, 0.5) is 0 Å². The van der Waals surface area contributed by atoms with E-state index in [2.05, 4.69) is 0 Å². The molecule has 1 saturated carbocycles. The van der Waals surface area contributed by atoms with Gasteiger partial charge in [-0.05, 0) is 0 Å². The number of carbonyl (C=O) groups is 1. The first-order chi connectivity index (χ1) is 3.88. The minimum Gasteiger partial charge on any atom is -0.380 e. The molecule has 0 radical (unpaired) electrons. The molecule has 2 atom stereocenters. The van der Waals surface area contributed by atoms with Gasteiger partial charge in [0, 0.05) is 18.3 Å². The molecule has 0 bridgehead atoms. The first kappa shape index (κ1) is 4.50. The Bertz CT molecular complexity index is 130. The van der Waals surface area contributed by atoms with Crippen LogP contribution in [-0.2, 0) is 9.53 Å². The standard InChI is InChI=1S/C6H8O2/c7-6-1-4-2-8-3-5(4)6/h4-5H,1-3H2/t4-,5-/m0/s1. The Hall–Kier alpha value is -0.370. The van der Waals surface area contributed by atoms with Crippen molar-refractivity contribution in [3.8, 4) is 0 Å². The van der Waals surface area contributed by atoms with E-state index in [-0.39, 0.29) is 0 Å². The zero-order chi connectivity index (χ0) is 5.56. The quantitative estimate of drug-likeness (QED) is 0.448. The third-order valence-electron chi connectivity index (χ3n) is 2.08. The molecule has 2 rings (SSSR count). The van der Waals surface area contributed by atoms with E-state index in [1.54, 1.807) is 0 Å². The van der Waals surface area contributed by atoms with Crippen molar-refractivity contribution in [1.82, 2.24) is 0 Å². The van der Waals surface area contributed by atoms with Gasteiger partial charge in [0.25, 0.3) is 0 Å². The van der Waals surface area contributed by atoms with Gasteiger partial charge in [-0.3, -0.25) is 4.79 Å². The molecule has 8 heavy (non-hydrogen) atoms. The van der Waals surface area contributed by atoms with Crippen LogP contribution in [0.2, 0.25) is 0 Å². The van der Waals surface area contributed by atoms with E-state index in [0.717, 1.165) is 13.0 Å². The van der Waals surface area contributed by atoms with Crippen molar-refractivity contribution in [1.29, 1.82) is 0 Å². The lowest BCUT2D eigenvalue weighted by Crippen LogP contribution is -2.35. The van der Waals surface area contributed by atoms with Gasteiger partial charge >= 0.3 is 0 Å². The molecule has 0 aromatic rings. The molecule has 2 aliphatic rings. The normalized spacial score (nSPS) is 43.8. The summed E-state index contributed by atoms with van der Waals surface area (Å²) < 4.78 is 5.08. The molecule has 44 valence electrons. The topological polar surface area (TPSA) is 26.3 Å². The number of rotatable bonds is 0. The monoisotopic (exact) mass is 112 g/mol. The largest absolute Gasteiger partial charge is 0.380 e. The molecule has 1 heterocycles. The molecule has 0 aromatic carbocycles. The molecule has 2 nitrogen and oxygen atoms in total. The minimum atomic E-state index is 0.301. The van der Waals surface area contributed by atoms with Gasteiger partial charge in [0.05, 0.1) is 13.2 Å². The van der Waals surface area contributed by atoms with Gasteiger partial charge < -0.3 is 4.74 Å². The van der Waals surface area contributed by atoms with Gasteiger partial charge in [-0.25, -0.2) is 0 Å². The van der Waals surface area contributed by atoms with E-state index in [1.807, 2.05) is 0 Å². The van der Waals surface area contributed by atoms with Crippen LogP contribution < -0.4 is 0 Å². The first-order valence-electron chi connectivity index (χ1n) is 2.98. The number of ether oxygens (including phenoxy) is 1. The third kappa shape index (κ3) is 0.388. The van der Waals surface area contributed by atoms with Crippen molar-refractivity contribution < 1.29 is 9.53 Å². The van der Waals surface area contributed by atoms with Crippen LogP contribution in [0.15, 0.2) is 0 Å². The van der Waals surface area contributed by atoms with Gasteiger partial charge in [-0.2, -0.15) is 0 Å². The summed E-state index contributed by atoms with van der Waals surface area (Å²) in [5.41, 5.74) is 0. The summed E-state index contributed by atoms with van der Waals surface area (Å²) in [5, 5.41) is 0. The molecule has 0 spiro atoms. The predicted octanol–water partition coefficient (Wildman–Crippen LogP) is 0.222. The summed E-state index contributed by atoms with van der Waals surface area (Å²) >= 11 is 0. The van der Waals surface area contributed by atoms with Gasteiger partial charge in [-0.15, -0.1) is 0 Å². The fourth-order valence-electron chi connectivity index (χ4n) is 1.40. The van der Waals surface area contributed by atoms with E-state index in [0.29, 0.717) is 24.2 Å². The third-order valence-corrected chi connectivity index (χ3v) is 2.08. The van der Waals surface area contributed by atoms with Gasteiger partial charge in [0.15, 0.2) is 0 Å². The number of ketones is 1. The van der Waals surface area contributed by atoms with Crippen molar-refractivity contribution in [2.45, 2.75) is 6.42 Å². The van der Waals surface area contributed by atoms with Crippen molar-refractivity contribution in [3.05, 3.63) is 0 Å². The lowest BCUT2D eigenvalue weighted by molar-refractivity contribution is -0.131. The fourth-order valence-corrected chi connectivity index (χ4v) is 1.40. The number of Topliss-reactive ketones (excluding diaryl/α,β-unsaturated/α-hetero) is 1. The Balaban J connectivity index is 2.11. The van der Waals surface area contributed by atoms with Crippen molar-refractivity contribution in [2.75, 3.05) is 13.2 Å². The molecule has 0 N–H and O–H groups in total. The van der Waals surface area contributed by atoms with Crippen molar-refractivity contribution in [2.24, 2.45) is 11.8 Å². The zero-order valence-electron chi connectivity index (χ0n) is 4.59. The van der Waals surface area contributed by atoms with Crippen molar-refractivity contribution >= 4 is 5.78 Å². The van der Waals surface area contributed by atoms with E-state index in [9.17, 15) is 4.79 Å². The SMILES string of the molecule is O=C1C[C@H]2COC[C@H]12. The zero-order valence-corrected chi connectivity index (χ0v) is 4.59. The molecule has 1 saturated heterocycles. The number of carbonyl (C=O) groups excluding carboxylic acids is 1. The van der Waals surface area contributed by atoms with Crippen LogP contribution in [0, 0.1) is 11.8 Å². The molecular formula is C6H8O2. The van der Waals surface area contributed by atoms with Crippen LogP contribution >= 0.6 is 0 Å². The summed E-state index contributed by atoms with van der Waals surface area (Å²) in [6, 6.07) is 0. The smallest absolute Gasteiger partial charge is 0.139 e. The minimum absolute atomic E-state index is 0.301. The second kappa shape index (κ2) is 1.32. The Morgan fingerprint density at radius 3 is 2.88 bits per heavy atom. The number of hydrogen-bond donors (Lipinski definition) is 0. The van der Waals surface area contributed by atoms with Crippen LogP contribution in [0.3, 0.4) is 0 Å². The van der Waals surface area contributed by atoms with Gasteiger partial charge in [0.1, 0.15) is 5.78 Å². The average Bonchev–Trinajstić information content (AvgIpc) is 2.09. The Labute approximate surface area is 47.8 Å². The maximum atomic E-state index is 10.6. The predicted molar refractivity (Wildman–Crippen MR) is 27.4 cm³/mol. The first-order valence-corrected chi connectivity index (χ1v) is 2.98. The van der Waals surface area contributed by atoms with E-state index in [1.165, 1.54) is 0 Å². The van der Waals surface area contributed by atoms with Gasteiger partial charge in [-0.1, -0.05) is 0 Å². The summed E-state index contributed by atoms with van der Waals surface area (Å²) in [7, 11) is 0. The Kier molecular flexibility index (Phi) is 0.742. The van der Waals surface area contributed by atoms with E-state index >= 15 is 0 Å². The molecule has 0 amide bonds. The highest BCUT2D eigenvalue weighted by Crippen LogP contribution is 2.35. The summed E-state index contributed by atoms with van der Waals surface area (Å²) in [5.74, 6) is 1.31. The highest BCUT2D eigenvalue weighted by Gasteiger charge is 2.43. The highest BCUT2D eigenvalue weighted by atomic mass is 16.5. The average molecular weight is 112 g/mol. The molecule has 2 fully saturated rings. The molecular weight excluding hydrogens is 104 g/mol. The lowest BCUT2D eigenvalue weighted by Gasteiger charge is -2.25. The fraction of sp³-hybridized carbons (Fsp3) is 0.833. The Morgan fingerprint density at radius 2 is 2.38 bits per heavy atom. The molecule has 0 aromatic heterocycles. The summed E-state index contributed by atoms with van der Waals surface area (Å²) in [6.45, 7) is 1.53. The van der Waals surface area contributed by atoms with Crippen LogP contribution in [0.25, 0.3) is 0 Å². The number of fused-ring (bicyclic) bond motifs is 1. The van der Waals surface area contributed by atoms with Gasteiger partial charge in [0.2, 0.25) is 0 Å². The summed E-state index contributed by atoms with van der Waals surface area (Å²) in [4.78, 5) is 10.6. The Morgan fingerprint density at radius 1 is 1.50 bits per heavy atom. The molecule has 1 aliphatic carbocycles. The second-order valence-corrected chi connectivity index (χ2v) is 2.57.